The van der Waals surface area contributed by atoms with Gasteiger partial charge < -0.3 is 93.8 Å². The molecule has 4 rings (SSSR count). The predicted octanol–water partition coefficient (Wildman–Crippen LogP) is 2.93. The number of aliphatic hydroxyl groups excluding tert-OH is 4. The van der Waals surface area contributed by atoms with Crippen LogP contribution in [-0.2, 0) is 110 Å². The van der Waals surface area contributed by atoms with Gasteiger partial charge in [-0.3, -0.25) is 91.1 Å². The number of aliphatic carboxylic acids is 3. The predicted molar refractivity (Wildman–Crippen MR) is 478 cm³/mol. The van der Waals surface area contributed by atoms with Crippen molar-refractivity contribution in [2.45, 2.75) is 245 Å². The molecule has 38 heteroatoms. The number of nitrogens with two attached hydrogens (primary N) is 1. The topological polar surface area (TPSA) is 620 Å². The molecule has 0 radical (unpaired) electrons. The minimum absolute atomic E-state index is 0.0260. The zero-order chi connectivity index (χ0) is 97.9. The van der Waals surface area contributed by atoms with Crippen molar-refractivity contribution in [3.05, 3.63) is 95.6 Å². The van der Waals surface area contributed by atoms with Crippen LogP contribution in [0.5, 0.6) is 11.5 Å². The number of nitrogens with zero attached hydrogens (tertiary/aromatic N) is 1. The summed E-state index contributed by atoms with van der Waals surface area (Å²) >= 11 is 1.01. The summed E-state index contributed by atoms with van der Waals surface area (Å²) in [7, 11) is 0. The highest BCUT2D eigenvalue weighted by Gasteiger charge is 2.41. The lowest BCUT2D eigenvalue weighted by atomic mass is 9.85. The van der Waals surface area contributed by atoms with Crippen molar-refractivity contribution in [1.82, 2.24) is 42.1 Å². The van der Waals surface area contributed by atoms with Gasteiger partial charge in [0, 0.05) is 94.7 Å². The Morgan fingerprint density at radius 3 is 1.44 bits per heavy atom. The largest absolute Gasteiger partial charge is 0.508 e. The second-order valence-corrected chi connectivity index (χ2v) is 35.7. The number of carboxylic acid groups (broad SMARTS) is 3. The van der Waals surface area contributed by atoms with E-state index < -0.39 is 280 Å². The van der Waals surface area contributed by atoms with E-state index in [1.165, 1.54) is 48.5 Å². The molecular formula is C93H133N9O28S. The van der Waals surface area contributed by atoms with Crippen LogP contribution in [0, 0.1) is 59.2 Å². The number of carboxylic acids is 3. The maximum Gasteiger partial charge on any atom is 0.304 e. The van der Waals surface area contributed by atoms with Crippen LogP contribution in [0.3, 0.4) is 0 Å². The summed E-state index contributed by atoms with van der Waals surface area (Å²) in [6.45, 7) is 11.1. The number of unbranched alkanes of at least 4 members (excludes halogenated alkanes) is 1. The summed E-state index contributed by atoms with van der Waals surface area (Å²) in [5, 5.41) is 111. The van der Waals surface area contributed by atoms with E-state index in [9.17, 15) is 137 Å². The number of benzene rings is 3. The number of aliphatic hydroxyl groups is 4. The smallest absolute Gasteiger partial charge is 0.304 e. The van der Waals surface area contributed by atoms with E-state index >= 15 is 0 Å². The molecule has 0 spiro atoms. The van der Waals surface area contributed by atoms with E-state index in [0.717, 1.165) is 32.0 Å². The first-order valence-corrected chi connectivity index (χ1v) is 45.7. The first-order chi connectivity index (χ1) is 61.9. The third-order valence-electron chi connectivity index (χ3n) is 23.2. The van der Waals surface area contributed by atoms with Gasteiger partial charge in [0.05, 0.1) is 110 Å². The number of rotatable bonds is 67. The van der Waals surface area contributed by atoms with Crippen LogP contribution in [0.25, 0.3) is 0 Å². The van der Waals surface area contributed by atoms with E-state index in [1.807, 2.05) is 6.92 Å². The fourth-order valence-corrected chi connectivity index (χ4v) is 15.9. The van der Waals surface area contributed by atoms with Crippen molar-refractivity contribution >= 4 is 123 Å². The second-order valence-electron chi connectivity index (χ2n) is 34.7. The van der Waals surface area contributed by atoms with Crippen molar-refractivity contribution in [3.8, 4) is 11.5 Å². The minimum atomic E-state index is -1.99. The van der Waals surface area contributed by atoms with Crippen molar-refractivity contribution in [2.75, 3.05) is 50.9 Å². The van der Waals surface area contributed by atoms with Crippen LogP contribution in [0.1, 0.15) is 194 Å². The number of likely N-dealkylation sites (tertiary alicyclic amines) is 1. The van der Waals surface area contributed by atoms with Gasteiger partial charge in [-0.15, -0.1) is 11.8 Å². The van der Waals surface area contributed by atoms with Gasteiger partial charge in [-0.05, 0) is 138 Å². The molecule has 0 aliphatic carbocycles. The van der Waals surface area contributed by atoms with Gasteiger partial charge in [-0.1, -0.05) is 102 Å². The molecule has 3 aromatic carbocycles. The lowest BCUT2D eigenvalue weighted by molar-refractivity contribution is -0.143. The first kappa shape index (κ1) is 112. The van der Waals surface area contributed by atoms with Gasteiger partial charge in [-0.25, -0.2) is 0 Å². The normalized spacial score (nSPS) is 16.2. The minimum Gasteiger partial charge on any atom is -0.508 e. The Hall–Kier alpha value is -11.1. The van der Waals surface area contributed by atoms with Gasteiger partial charge in [0.1, 0.15) is 29.1 Å². The molecule has 1 aliphatic heterocycles. The van der Waals surface area contributed by atoms with E-state index in [0.29, 0.717) is 56.4 Å². The molecule has 18 N–H and O–H groups in total. The maximum absolute atomic E-state index is 14.8. The Morgan fingerprint density at radius 2 is 0.931 bits per heavy atom. The molecule has 724 valence electrons. The Kier molecular flexibility index (Phi) is 49.7. The number of carbonyl (C=O) groups is 19. The second kappa shape index (κ2) is 58.0. The van der Waals surface area contributed by atoms with E-state index in [4.69, 9.17) is 5.73 Å². The highest BCUT2D eigenvalue weighted by atomic mass is 32.2. The average Bonchev–Trinajstić information content (AvgIpc) is 1.46. The summed E-state index contributed by atoms with van der Waals surface area (Å²) in [6, 6.07) is 10.5. The number of nitrogens with one attached hydrogen (secondary N) is 7. The number of Topliss-reactive ketones (excluding diaryl/α,β-unsaturated/α-hetero) is 8. The zero-order valence-corrected chi connectivity index (χ0v) is 76.6. The van der Waals surface area contributed by atoms with Crippen LogP contribution in [0.15, 0.2) is 78.9 Å². The van der Waals surface area contributed by atoms with Gasteiger partial charge >= 0.3 is 17.9 Å². The zero-order valence-electron chi connectivity index (χ0n) is 75.8. The van der Waals surface area contributed by atoms with Gasteiger partial charge in [-0.2, -0.15) is 0 Å². The van der Waals surface area contributed by atoms with Gasteiger partial charge in [0.15, 0.2) is 34.7 Å². The van der Waals surface area contributed by atoms with Crippen molar-refractivity contribution in [3.63, 3.8) is 0 Å². The molecular weight excluding hydrogens is 1720 g/mol. The molecule has 131 heavy (non-hydrogen) atoms. The molecule has 37 nitrogen and oxygen atoms in total. The molecule has 3 aromatic rings. The van der Waals surface area contributed by atoms with Crippen LogP contribution < -0.4 is 43.0 Å². The van der Waals surface area contributed by atoms with Crippen molar-refractivity contribution in [1.29, 1.82) is 0 Å². The van der Waals surface area contributed by atoms with Gasteiger partial charge in [0.2, 0.25) is 47.3 Å². The Bertz CT molecular complexity index is 4360. The molecule has 0 saturated carbocycles. The fraction of sp³-hybridized carbons (Fsp3) is 0.602. The number of ketones is 8. The number of thioether (sulfide) groups is 1. The van der Waals surface area contributed by atoms with E-state index in [2.05, 4.69) is 37.2 Å². The number of phenols is 2. The Labute approximate surface area is 766 Å². The lowest BCUT2D eigenvalue weighted by Gasteiger charge is -2.28. The molecule has 8 amide bonds. The fourth-order valence-electron chi connectivity index (χ4n) is 15.1. The molecule has 0 bridgehead atoms. The highest BCUT2D eigenvalue weighted by molar-refractivity contribution is 8.00. The van der Waals surface area contributed by atoms with Crippen molar-refractivity contribution < 1.29 is 137 Å². The van der Waals surface area contributed by atoms with Gasteiger partial charge in [0.25, 0.3) is 0 Å². The monoisotopic (exact) mass is 1860 g/mol. The van der Waals surface area contributed by atoms with Crippen molar-refractivity contribution in [2.24, 2.45) is 64.9 Å². The summed E-state index contributed by atoms with van der Waals surface area (Å²) in [6.07, 6.45) is -8.70. The number of aromatic hydroxyl groups is 2. The third-order valence-corrected chi connectivity index (χ3v) is 24.2. The standard InChI is InChI=1S/C93H133N9O28S/c1-9-53(4)85(81(116)41-62(35-59-20-25-66(107)26-21-59)88(125)97-73(34-52(2)3)77(112)39-63(43-83(119)120)87(124)96-55(6)16-13-14-31-94)101-90(127)65(48-103)42-78(113)74(37-60-22-27-67(108)28-23-60)98-89(126)64(44-84(121)122)40-79(114)76(49-104)100-92(129)72(57(8)106)46-80(115)75(36-58-17-11-10-12-18-58)99-91(128)71(56(7)105)45-69(110)47-95-86(123)61(24-29-82(117)118)38-70(111)51-131-50-68(109)19-15-32-102-33-30-54(5)93(102)130/h10-12,17-18,20-23,25-28,52-57,61-65,71-76,85,103-108H,9,13-16,19,24,29-51,94H2,1-8H3,(H,95,123)(H,96,124)(H,97,125)(H,98,126)(H,99,128)(H,100,129)(H,101,127)(H,117,118)(H,119,120)(H,121,122)/t53-,54-,55+,56+,57+,61+,62+,63-,64-,65-,71-,72-,73-,74-,75-,76-,85-/m0/s1. The Morgan fingerprint density at radius 1 is 0.458 bits per heavy atom. The molecule has 1 fully saturated rings. The summed E-state index contributed by atoms with van der Waals surface area (Å²) < 4.78 is 0. The quantitative estimate of drug-likeness (QED) is 0.0361. The van der Waals surface area contributed by atoms with E-state index in [-0.39, 0.29) is 96.7 Å². The third kappa shape index (κ3) is 41.1. The number of carbonyl (C=O) groups excluding carboxylic acids is 16. The van der Waals surface area contributed by atoms with Crippen LogP contribution in [0.4, 0.5) is 0 Å². The number of phenolic OH excluding ortho intramolecular Hbond substituents is 2. The summed E-state index contributed by atoms with van der Waals surface area (Å²) in [5.74, 6) is -29.7. The molecule has 1 saturated heterocycles. The number of amides is 8. The molecule has 17 atom stereocenters. The lowest BCUT2D eigenvalue weighted by Crippen LogP contribution is -2.52. The highest BCUT2D eigenvalue weighted by Crippen LogP contribution is 2.27. The first-order valence-electron chi connectivity index (χ1n) is 44.6. The number of hydrogen-bond acceptors (Lipinski definition) is 27. The average molecular weight is 1860 g/mol. The summed E-state index contributed by atoms with van der Waals surface area (Å²) in [5.41, 5.74) is 6.78. The molecule has 1 heterocycles. The molecule has 0 aromatic heterocycles. The van der Waals surface area contributed by atoms with Crippen LogP contribution in [-0.4, -0.2) is 262 Å². The maximum atomic E-state index is 14.8. The molecule has 0 unspecified atom stereocenters. The van der Waals surface area contributed by atoms with Crippen LogP contribution in [0.2, 0.25) is 0 Å². The molecule has 1 aliphatic rings. The van der Waals surface area contributed by atoms with Crippen LogP contribution >= 0.6 is 11.8 Å². The summed E-state index contributed by atoms with van der Waals surface area (Å²) in [4.78, 5) is 261. The van der Waals surface area contributed by atoms with E-state index in [1.54, 1.807) is 69.9 Å². The number of hydrogen-bond donors (Lipinski definition) is 17. The Balaban J connectivity index is 1.53. The SMILES string of the molecule is CC[C@H](C)[C@H](NC(=O)[C@H](CO)CC(=O)[C@H](Cc1ccc(O)cc1)NC(=O)[C@H](CC(=O)O)CC(=O)[C@H](CO)NC(=O)[C@@H](CC(=O)[C@H](Cc1ccccc1)NC(=O)[C@@H](CC(=O)CNC(=O)[C@H](CCC(=O)O)CC(=O)CSCC(=O)CCCN1CC[C@H](C)C1=O)[C@@H](C)O)[C@@H](C)O)C(=O)C[C@@H](Cc1ccc(O)cc1)C(=O)N[C@@H](CC(C)C)C(=O)C[C@@H](CC(=O)O)C(=O)N[C@H](C)CCCCN.